The molecule has 0 aliphatic heterocycles. The van der Waals surface area contributed by atoms with Crippen LogP contribution in [0.5, 0.6) is 0 Å². The lowest BCUT2D eigenvalue weighted by Gasteiger charge is -2.10. The summed E-state index contributed by atoms with van der Waals surface area (Å²) in [5.74, 6) is 0.888. The van der Waals surface area contributed by atoms with Crippen molar-refractivity contribution in [3.63, 3.8) is 0 Å². The van der Waals surface area contributed by atoms with Crippen LogP contribution in [0.4, 0.5) is 11.4 Å². The van der Waals surface area contributed by atoms with Gasteiger partial charge in [-0.15, -0.1) is 16.8 Å². The van der Waals surface area contributed by atoms with Crippen molar-refractivity contribution in [1.29, 1.82) is 0 Å². The molecule has 1 aromatic heterocycles. The lowest BCUT2D eigenvalue weighted by atomic mass is 10.2. The van der Waals surface area contributed by atoms with E-state index in [4.69, 9.17) is 11.6 Å². The molecule has 0 fully saturated rings. The van der Waals surface area contributed by atoms with E-state index in [1.54, 1.807) is 30.3 Å². The minimum Gasteiger partial charge on any atom is -0.378 e. The molecule has 0 radical (unpaired) electrons. The SMILES string of the molecule is C=CCn1c(CNc2ccc(C)cc2)nnc1SCC(=O)Nc1ccc(Cl)cc1. The molecule has 0 aliphatic carbocycles. The third-order valence-corrected chi connectivity index (χ3v) is 5.29. The predicted octanol–water partition coefficient (Wildman–Crippen LogP) is 4.77. The number of amides is 1. The fraction of sp³-hybridized carbons (Fsp3) is 0.190. The number of aryl methyl sites for hydroxylation is 1. The molecule has 3 rings (SSSR count). The van der Waals surface area contributed by atoms with Crippen LogP contribution in [0.3, 0.4) is 0 Å². The molecule has 1 amide bonds. The van der Waals surface area contributed by atoms with Gasteiger partial charge in [0.25, 0.3) is 0 Å². The average Bonchev–Trinajstić information content (AvgIpc) is 3.10. The summed E-state index contributed by atoms with van der Waals surface area (Å²) < 4.78 is 1.95. The number of anilines is 2. The van der Waals surface area contributed by atoms with Crippen molar-refractivity contribution in [2.24, 2.45) is 0 Å². The van der Waals surface area contributed by atoms with Crippen LogP contribution in [-0.4, -0.2) is 26.4 Å². The Kier molecular flexibility index (Phi) is 7.32. The van der Waals surface area contributed by atoms with Crippen LogP contribution >= 0.6 is 23.4 Å². The van der Waals surface area contributed by atoms with Crippen LogP contribution in [0.1, 0.15) is 11.4 Å². The average molecular weight is 428 g/mol. The second-order valence-corrected chi connectivity index (χ2v) is 7.74. The number of nitrogens with zero attached hydrogens (tertiary/aromatic N) is 3. The molecule has 0 bridgehead atoms. The zero-order chi connectivity index (χ0) is 20.6. The number of carbonyl (C=O) groups is 1. The van der Waals surface area contributed by atoms with Gasteiger partial charge < -0.3 is 15.2 Å². The highest BCUT2D eigenvalue weighted by Crippen LogP contribution is 2.19. The number of benzene rings is 2. The molecular formula is C21H22ClN5OS. The van der Waals surface area contributed by atoms with Crippen molar-refractivity contribution in [3.8, 4) is 0 Å². The van der Waals surface area contributed by atoms with Gasteiger partial charge in [0.2, 0.25) is 5.91 Å². The Labute approximate surface area is 179 Å². The van der Waals surface area contributed by atoms with Crippen molar-refractivity contribution in [1.82, 2.24) is 14.8 Å². The van der Waals surface area contributed by atoms with Gasteiger partial charge in [-0.05, 0) is 43.3 Å². The highest BCUT2D eigenvalue weighted by molar-refractivity contribution is 7.99. The van der Waals surface area contributed by atoms with E-state index in [0.717, 1.165) is 11.5 Å². The summed E-state index contributed by atoms with van der Waals surface area (Å²) in [6.45, 7) is 6.96. The van der Waals surface area contributed by atoms with E-state index >= 15 is 0 Å². The number of nitrogens with one attached hydrogen (secondary N) is 2. The van der Waals surface area contributed by atoms with Gasteiger partial charge in [0, 0.05) is 22.9 Å². The minimum absolute atomic E-state index is 0.121. The summed E-state index contributed by atoms with van der Waals surface area (Å²) in [5, 5.41) is 16.0. The first-order valence-electron chi connectivity index (χ1n) is 9.07. The first-order valence-corrected chi connectivity index (χ1v) is 10.4. The summed E-state index contributed by atoms with van der Waals surface area (Å²) in [7, 11) is 0. The number of hydrogen-bond donors (Lipinski definition) is 2. The third-order valence-electron chi connectivity index (χ3n) is 4.07. The number of hydrogen-bond acceptors (Lipinski definition) is 5. The Morgan fingerprint density at radius 1 is 1.14 bits per heavy atom. The number of halogens is 1. The van der Waals surface area contributed by atoms with E-state index in [0.29, 0.717) is 29.0 Å². The summed E-state index contributed by atoms with van der Waals surface area (Å²) in [5.41, 5.74) is 2.93. The first kappa shape index (κ1) is 21.0. The maximum atomic E-state index is 12.2. The Balaban J connectivity index is 1.59. The summed E-state index contributed by atoms with van der Waals surface area (Å²) in [4.78, 5) is 12.2. The Hall–Kier alpha value is -2.77. The molecule has 0 spiro atoms. The number of rotatable bonds is 9. The van der Waals surface area contributed by atoms with Crippen LogP contribution in [0.2, 0.25) is 5.02 Å². The number of thioether (sulfide) groups is 1. The van der Waals surface area contributed by atoms with E-state index in [9.17, 15) is 4.79 Å². The molecule has 2 aromatic carbocycles. The number of aromatic nitrogens is 3. The van der Waals surface area contributed by atoms with Crippen molar-refractivity contribution in [2.75, 3.05) is 16.4 Å². The molecule has 0 saturated heterocycles. The number of allylic oxidation sites excluding steroid dienone is 1. The van der Waals surface area contributed by atoms with Gasteiger partial charge in [0.15, 0.2) is 11.0 Å². The van der Waals surface area contributed by atoms with Crippen molar-refractivity contribution >= 4 is 40.6 Å². The molecule has 1 heterocycles. The molecule has 3 aromatic rings. The van der Waals surface area contributed by atoms with E-state index in [2.05, 4.69) is 46.5 Å². The Morgan fingerprint density at radius 3 is 2.52 bits per heavy atom. The van der Waals surface area contributed by atoms with Crippen LogP contribution < -0.4 is 10.6 Å². The molecule has 6 nitrogen and oxygen atoms in total. The highest BCUT2D eigenvalue weighted by Gasteiger charge is 2.13. The van der Waals surface area contributed by atoms with Crippen LogP contribution in [0.25, 0.3) is 0 Å². The molecule has 29 heavy (non-hydrogen) atoms. The van der Waals surface area contributed by atoms with Crippen LogP contribution in [-0.2, 0) is 17.9 Å². The maximum Gasteiger partial charge on any atom is 0.234 e. The molecule has 2 N–H and O–H groups in total. The molecular weight excluding hydrogens is 406 g/mol. The molecule has 8 heteroatoms. The van der Waals surface area contributed by atoms with Gasteiger partial charge in [0.05, 0.1) is 12.3 Å². The van der Waals surface area contributed by atoms with Crippen molar-refractivity contribution in [3.05, 3.63) is 77.6 Å². The summed E-state index contributed by atoms with van der Waals surface area (Å²) in [6.07, 6.45) is 1.79. The first-order chi connectivity index (χ1) is 14.0. The van der Waals surface area contributed by atoms with E-state index in [1.165, 1.54) is 17.3 Å². The zero-order valence-electron chi connectivity index (χ0n) is 16.1. The van der Waals surface area contributed by atoms with Gasteiger partial charge in [0.1, 0.15) is 0 Å². The van der Waals surface area contributed by atoms with E-state index in [1.807, 2.05) is 16.7 Å². The molecule has 0 unspecified atom stereocenters. The molecule has 0 aliphatic rings. The Bertz CT molecular complexity index is 970. The van der Waals surface area contributed by atoms with Gasteiger partial charge >= 0.3 is 0 Å². The summed E-state index contributed by atoms with van der Waals surface area (Å²) >= 11 is 7.20. The minimum atomic E-state index is -0.121. The molecule has 0 saturated carbocycles. The normalized spacial score (nSPS) is 10.6. The standard InChI is InChI=1S/C21H22ClN5OS/c1-3-12-27-19(13-23-17-8-4-15(2)5-9-17)25-26-21(27)29-14-20(28)24-18-10-6-16(22)7-11-18/h3-11,23H,1,12-14H2,2H3,(H,24,28). The smallest absolute Gasteiger partial charge is 0.234 e. The van der Waals surface area contributed by atoms with Gasteiger partial charge in [-0.2, -0.15) is 0 Å². The lowest BCUT2D eigenvalue weighted by molar-refractivity contribution is -0.113. The zero-order valence-corrected chi connectivity index (χ0v) is 17.6. The second-order valence-electron chi connectivity index (χ2n) is 6.36. The highest BCUT2D eigenvalue weighted by atomic mass is 35.5. The molecule has 0 atom stereocenters. The molecule has 150 valence electrons. The third kappa shape index (κ3) is 6.10. The van der Waals surface area contributed by atoms with Crippen molar-refractivity contribution in [2.45, 2.75) is 25.2 Å². The van der Waals surface area contributed by atoms with E-state index in [-0.39, 0.29) is 11.7 Å². The van der Waals surface area contributed by atoms with Crippen LogP contribution in [0.15, 0.2) is 66.3 Å². The fourth-order valence-corrected chi connectivity index (χ4v) is 3.47. The van der Waals surface area contributed by atoms with Gasteiger partial charge in [-0.1, -0.05) is 47.1 Å². The fourth-order valence-electron chi connectivity index (χ4n) is 2.58. The Morgan fingerprint density at radius 2 is 1.83 bits per heavy atom. The topological polar surface area (TPSA) is 71.8 Å². The lowest BCUT2D eigenvalue weighted by Crippen LogP contribution is -2.15. The maximum absolute atomic E-state index is 12.2. The summed E-state index contributed by atoms with van der Waals surface area (Å²) in [6, 6.07) is 15.2. The van der Waals surface area contributed by atoms with Gasteiger partial charge in [-0.3, -0.25) is 4.79 Å². The largest absolute Gasteiger partial charge is 0.378 e. The predicted molar refractivity (Wildman–Crippen MR) is 120 cm³/mol. The quantitative estimate of drug-likeness (QED) is 0.380. The van der Waals surface area contributed by atoms with Gasteiger partial charge in [-0.25, -0.2) is 0 Å². The number of carbonyl (C=O) groups excluding carboxylic acids is 1. The van der Waals surface area contributed by atoms with Crippen LogP contribution in [0, 0.1) is 6.92 Å². The van der Waals surface area contributed by atoms with Crippen molar-refractivity contribution < 1.29 is 4.79 Å². The second kappa shape index (κ2) is 10.1. The van der Waals surface area contributed by atoms with E-state index < -0.39 is 0 Å². The monoisotopic (exact) mass is 427 g/mol.